The van der Waals surface area contributed by atoms with Crippen molar-refractivity contribution >= 4 is 16.9 Å². The Labute approximate surface area is 167 Å². The van der Waals surface area contributed by atoms with Crippen LogP contribution in [0.5, 0.6) is 5.75 Å². The lowest BCUT2D eigenvalue weighted by molar-refractivity contribution is 0.0601. The Kier molecular flexibility index (Phi) is 4.83. The number of nitrogens with zero attached hydrogens (tertiary/aromatic N) is 2. The Bertz CT molecular complexity index is 1260. The molecule has 1 heterocycles. The first kappa shape index (κ1) is 18.4. The van der Waals surface area contributed by atoms with Crippen LogP contribution in [0.4, 0.5) is 0 Å². The van der Waals surface area contributed by atoms with Crippen molar-refractivity contribution in [3.05, 3.63) is 88.7 Å². The molecular weight excluding hydrogens is 368 g/mol. The van der Waals surface area contributed by atoms with Crippen LogP contribution in [0, 0.1) is 0 Å². The van der Waals surface area contributed by atoms with Crippen LogP contribution in [-0.4, -0.2) is 29.7 Å². The van der Waals surface area contributed by atoms with E-state index in [0.717, 1.165) is 0 Å². The summed E-state index contributed by atoms with van der Waals surface area (Å²) in [6, 6.07) is 21.3. The summed E-state index contributed by atoms with van der Waals surface area (Å²) in [5.74, 6) is 0.582. The molecule has 3 aromatic carbocycles. The number of benzene rings is 3. The Balaban J connectivity index is 2.02. The van der Waals surface area contributed by atoms with E-state index in [1.807, 2.05) is 30.3 Å². The molecule has 144 valence electrons. The zero-order chi connectivity index (χ0) is 20.4. The molecule has 4 aromatic rings. The van der Waals surface area contributed by atoms with E-state index >= 15 is 0 Å². The molecule has 0 unspecified atom stereocenters. The molecule has 6 heteroatoms. The summed E-state index contributed by atoms with van der Waals surface area (Å²) < 4.78 is 11.8. The minimum atomic E-state index is -0.426. The maximum Gasteiger partial charge on any atom is 0.337 e. The number of methoxy groups -OCH3 is 2. The number of hydrogen-bond acceptors (Lipinski definition) is 5. The number of carbonyl (C=O) groups is 1. The number of esters is 1. The predicted octanol–water partition coefficient (Wildman–Crippen LogP) is 3.85. The second kappa shape index (κ2) is 7.59. The van der Waals surface area contributed by atoms with Crippen LogP contribution in [0.15, 0.2) is 77.6 Å². The number of carbonyl (C=O) groups excluding carboxylic acids is 1. The highest BCUT2D eigenvalue weighted by Gasteiger charge is 2.17. The molecule has 0 fully saturated rings. The summed E-state index contributed by atoms with van der Waals surface area (Å²) in [4.78, 5) is 29.9. The van der Waals surface area contributed by atoms with E-state index in [2.05, 4.69) is 0 Å². The minimum absolute atomic E-state index is 0.202. The van der Waals surface area contributed by atoms with Gasteiger partial charge in [-0.05, 0) is 36.4 Å². The summed E-state index contributed by atoms with van der Waals surface area (Å²) in [7, 11) is 2.89. The monoisotopic (exact) mass is 386 g/mol. The number of fused-ring (bicyclic) bond motifs is 1. The maximum atomic E-state index is 13.4. The van der Waals surface area contributed by atoms with Gasteiger partial charge >= 0.3 is 5.97 Å². The molecule has 0 atom stereocenters. The van der Waals surface area contributed by atoms with Gasteiger partial charge in [-0.25, -0.2) is 9.78 Å². The van der Waals surface area contributed by atoms with Gasteiger partial charge in [0.25, 0.3) is 5.56 Å². The van der Waals surface area contributed by atoms with Gasteiger partial charge in [-0.1, -0.05) is 36.4 Å². The molecule has 0 spiro atoms. The van der Waals surface area contributed by atoms with Gasteiger partial charge in [0, 0.05) is 5.56 Å². The van der Waals surface area contributed by atoms with Crippen LogP contribution in [0.3, 0.4) is 0 Å². The van der Waals surface area contributed by atoms with Gasteiger partial charge in [-0.2, -0.15) is 0 Å². The lowest BCUT2D eigenvalue weighted by Gasteiger charge is -2.16. The molecule has 0 radical (unpaired) electrons. The molecule has 0 N–H and O–H groups in total. The van der Waals surface area contributed by atoms with E-state index < -0.39 is 5.97 Å². The molecule has 0 aliphatic carbocycles. The third-order valence-corrected chi connectivity index (χ3v) is 4.67. The van der Waals surface area contributed by atoms with E-state index in [9.17, 15) is 9.59 Å². The van der Waals surface area contributed by atoms with E-state index in [1.54, 1.807) is 49.6 Å². The van der Waals surface area contributed by atoms with Crippen molar-refractivity contribution < 1.29 is 14.3 Å². The second-order valence-corrected chi connectivity index (χ2v) is 6.33. The molecule has 0 saturated carbocycles. The highest BCUT2D eigenvalue weighted by atomic mass is 16.5. The normalized spacial score (nSPS) is 10.7. The van der Waals surface area contributed by atoms with Crippen molar-refractivity contribution in [2.24, 2.45) is 0 Å². The summed E-state index contributed by atoms with van der Waals surface area (Å²) >= 11 is 0. The quantitative estimate of drug-likeness (QED) is 0.498. The molecule has 29 heavy (non-hydrogen) atoms. The van der Waals surface area contributed by atoms with Gasteiger partial charge in [0.2, 0.25) is 0 Å². The minimum Gasteiger partial charge on any atom is -0.495 e. The number of rotatable bonds is 4. The van der Waals surface area contributed by atoms with Crippen molar-refractivity contribution in [3.63, 3.8) is 0 Å². The van der Waals surface area contributed by atoms with Crippen LogP contribution in [0.1, 0.15) is 10.4 Å². The third-order valence-electron chi connectivity index (χ3n) is 4.67. The first-order valence-corrected chi connectivity index (χ1v) is 8.98. The number of aromatic nitrogens is 2. The number of ether oxygens (including phenoxy) is 2. The van der Waals surface area contributed by atoms with Gasteiger partial charge in [0.15, 0.2) is 0 Å². The molecule has 6 nitrogen and oxygen atoms in total. The maximum absolute atomic E-state index is 13.4. The van der Waals surface area contributed by atoms with E-state index in [-0.39, 0.29) is 5.56 Å². The Morgan fingerprint density at radius 3 is 2.31 bits per heavy atom. The van der Waals surface area contributed by atoms with Crippen LogP contribution in [0.2, 0.25) is 0 Å². The Hall–Kier alpha value is -3.93. The standard InChI is InChI=1S/C23H18N2O4/c1-28-20-10-6-5-9-19(20)25-21(15-11-13-16(14-12-15)23(27)29-2)24-18-8-4-3-7-17(18)22(25)26/h3-14H,1-2H3. The molecule has 4 rings (SSSR count). The molecular formula is C23H18N2O4. The van der Waals surface area contributed by atoms with Crippen molar-refractivity contribution in [1.29, 1.82) is 0 Å². The zero-order valence-corrected chi connectivity index (χ0v) is 16.0. The second-order valence-electron chi connectivity index (χ2n) is 6.33. The smallest absolute Gasteiger partial charge is 0.337 e. The van der Waals surface area contributed by atoms with Crippen molar-refractivity contribution in [1.82, 2.24) is 9.55 Å². The van der Waals surface area contributed by atoms with E-state index in [0.29, 0.717) is 39.3 Å². The lowest BCUT2D eigenvalue weighted by Crippen LogP contribution is -2.22. The fraction of sp³-hybridized carbons (Fsp3) is 0.0870. The zero-order valence-electron chi connectivity index (χ0n) is 16.0. The first-order chi connectivity index (χ1) is 14.1. The fourth-order valence-corrected chi connectivity index (χ4v) is 3.24. The van der Waals surface area contributed by atoms with Crippen LogP contribution >= 0.6 is 0 Å². The molecule has 1 aromatic heterocycles. The Morgan fingerprint density at radius 1 is 0.897 bits per heavy atom. The number of para-hydroxylation sites is 3. The lowest BCUT2D eigenvalue weighted by atomic mass is 10.1. The third kappa shape index (κ3) is 3.25. The summed E-state index contributed by atoms with van der Waals surface area (Å²) in [6.45, 7) is 0. The van der Waals surface area contributed by atoms with Gasteiger partial charge in [0.05, 0.1) is 36.4 Å². The predicted molar refractivity (Wildman–Crippen MR) is 111 cm³/mol. The summed E-state index contributed by atoms with van der Waals surface area (Å²) in [6.07, 6.45) is 0. The molecule has 0 bridgehead atoms. The van der Waals surface area contributed by atoms with Crippen molar-refractivity contribution in [2.75, 3.05) is 14.2 Å². The highest BCUT2D eigenvalue weighted by molar-refractivity contribution is 5.90. The van der Waals surface area contributed by atoms with Gasteiger partial charge in [0.1, 0.15) is 11.6 Å². The van der Waals surface area contributed by atoms with Gasteiger partial charge in [-0.15, -0.1) is 0 Å². The van der Waals surface area contributed by atoms with E-state index in [1.165, 1.54) is 11.7 Å². The molecule has 0 saturated heterocycles. The molecule has 0 amide bonds. The summed E-state index contributed by atoms with van der Waals surface area (Å²) in [5.41, 5.74) is 2.09. The van der Waals surface area contributed by atoms with Crippen LogP contribution in [0.25, 0.3) is 28.0 Å². The van der Waals surface area contributed by atoms with Gasteiger partial charge in [-0.3, -0.25) is 9.36 Å². The molecule has 0 aliphatic rings. The summed E-state index contributed by atoms with van der Waals surface area (Å²) in [5, 5.41) is 0.508. The molecule has 0 aliphatic heterocycles. The van der Waals surface area contributed by atoms with Crippen LogP contribution < -0.4 is 10.3 Å². The number of hydrogen-bond donors (Lipinski definition) is 0. The Morgan fingerprint density at radius 2 is 1.59 bits per heavy atom. The fourth-order valence-electron chi connectivity index (χ4n) is 3.24. The van der Waals surface area contributed by atoms with Gasteiger partial charge < -0.3 is 9.47 Å². The topological polar surface area (TPSA) is 70.4 Å². The van der Waals surface area contributed by atoms with Crippen LogP contribution in [-0.2, 0) is 4.74 Å². The largest absolute Gasteiger partial charge is 0.495 e. The SMILES string of the molecule is COC(=O)c1ccc(-c2nc3ccccc3c(=O)n2-c2ccccc2OC)cc1. The first-order valence-electron chi connectivity index (χ1n) is 8.98. The average molecular weight is 386 g/mol. The van der Waals surface area contributed by atoms with E-state index in [4.69, 9.17) is 14.5 Å². The highest BCUT2D eigenvalue weighted by Crippen LogP contribution is 2.27. The van der Waals surface area contributed by atoms with Crippen molar-refractivity contribution in [3.8, 4) is 22.8 Å². The average Bonchev–Trinajstić information content (AvgIpc) is 2.78. The van der Waals surface area contributed by atoms with Crippen molar-refractivity contribution in [2.45, 2.75) is 0 Å².